The SMILES string of the molecule is CNc1ncccc1C(C)C#CC(F)F. The van der Waals surface area contributed by atoms with E-state index < -0.39 is 6.43 Å². The number of hydrogen-bond acceptors (Lipinski definition) is 2. The first-order chi connectivity index (χ1) is 7.15. The molecule has 0 saturated heterocycles. The van der Waals surface area contributed by atoms with Gasteiger partial charge in [-0.15, -0.1) is 0 Å². The highest BCUT2D eigenvalue weighted by Gasteiger charge is 2.07. The van der Waals surface area contributed by atoms with Crippen molar-refractivity contribution < 1.29 is 8.78 Å². The molecule has 0 saturated carbocycles. The van der Waals surface area contributed by atoms with Crippen LogP contribution >= 0.6 is 0 Å². The van der Waals surface area contributed by atoms with Crippen molar-refractivity contribution in [1.82, 2.24) is 4.98 Å². The minimum atomic E-state index is -2.58. The first kappa shape index (κ1) is 11.4. The van der Waals surface area contributed by atoms with Crippen molar-refractivity contribution in [2.24, 2.45) is 0 Å². The van der Waals surface area contributed by atoms with Gasteiger partial charge in [0, 0.05) is 24.7 Å². The third-order valence-corrected chi connectivity index (χ3v) is 1.95. The molecule has 4 heteroatoms. The first-order valence-corrected chi connectivity index (χ1v) is 4.57. The van der Waals surface area contributed by atoms with Gasteiger partial charge in [-0.1, -0.05) is 12.0 Å². The van der Waals surface area contributed by atoms with Crippen molar-refractivity contribution in [3.05, 3.63) is 23.9 Å². The molecular weight excluding hydrogens is 198 g/mol. The lowest BCUT2D eigenvalue weighted by molar-refractivity contribution is 0.215. The summed E-state index contributed by atoms with van der Waals surface area (Å²) in [5, 5.41) is 2.90. The molecule has 0 fully saturated rings. The van der Waals surface area contributed by atoms with Crippen LogP contribution in [0, 0.1) is 11.8 Å². The zero-order valence-electron chi connectivity index (χ0n) is 8.59. The maximum Gasteiger partial charge on any atom is 0.298 e. The summed E-state index contributed by atoms with van der Waals surface area (Å²) in [5.74, 6) is 4.77. The summed E-state index contributed by atoms with van der Waals surface area (Å²) in [4.78, 5) is 4.08. The fraction of sp³-hybridized carbons (Fsp3) is 0.364. The molecule has 1 rings (SSSR count). The van der Waals surface area contributed by atoms with Crippen LogP contribution in [0.1, 0.15) is 18.4 Å². The van der Waals surface area contributed by atoms with Gasteiger partial charge >= 0.3 is 0 Å². The fourth-order valence-corrected chi connectivity index (χ4v) is 1.24. The highest BCUT2D eigenvalue weighted by atomic mass is 19.3. The zero-order valence-corrected chi connectivity index (χ0v) is 8.59. The molecule has 0 spiro atoms. The average molecular weight is 210 g/mol. The molecule has 0 aliphatic heterocycles. The lowest BCUT2D eigenvalue weighted by atomic mass is 10.0. The van der Waals surface area contributed by atoms with E-state index in [4.69, 9.17) is 0 Å². The molecule has 0 bridgehead atoms. The van der Waals surface area contributed by atoms with Crippen molar-refractivity contribution in [1.29, 1.82) is 0 Å². The molecule has 2 nitrogen and oxygen atoms in total. The second-order valence-corrected chi connectivity index (χ2v) is 3.00. The molecule has 1 aromatic rings. The molecule has 80 valence electrons. The summed E-state index contributed by atoms with van der Waals surface area (Å²) in [6, 6.07) is 3.58. The van der Waals surface area contributed by atoms with Crippen LogP contribution in [-0.2, 0) is 0 Å². The molecule has 1 aromatic heterocycles. The summed E-state index contributed by atoms with van der Waals surface area (Å²) in [6.45, 7) is 1.77. The number of nitrogens with zero attached hydrogens (tertiary/aromatic N) is 1. The number of halogens is 2. The predicted octanol–water partition coefficient (Wildman–Crippen LogP) is 2.50. The van der Waals surface area contributed by atoms with Gasteiger partial charge in [0.1, 0.15) is 5.82 Å². The van der Waals surface area contributed by atoms with E-state index in [2.05, 4.69) is 16.2 Å². The summed E-state index contributed by atoms with van der Waals surface area (Å²) < 4.78 is 23.8. The van der Waals surface area contributed by atoms with Crippen LogP contribution in [0.25, 0.3) is 0 Å². The molecule has 15 heavy (non-hydrogen) atoms. The number of hydrogen-bond donors (Lipinski definition) is 1. The number of nitrogens with one attached hydrogen (secondary N) is 1. The maximum absolute atomic E-state index is 11.9. The summed E-state index contributed by atoms with van der Waals surface area (Å²) >= 11 is 0. The third kappa shape index (κ3) is 3.21. The van der Waals surface area contributed by atoms with E-state index in [-0.39, 0.29) is 5.92 Å². The molecule has 1 heterocycles. The van der Waals surface area contributed by atoms with Crippen molar-refractivity contribution in [2.45, 2.75) is 19.3 Å². The fourth-order valence-electron chi connectivity index (χ4n) is 1.24. The Morgan fingerprint density at radius 1 is 1.40 bits per heavy atom. The predicted molar refractivity (Wildman–Crippen MR) is 56.0 cm³/mol. The summed E-state index contributed by atoms with van der Waals surface area (Å²) in [7, 11) is 1.74. The third-order valence-electron chi connectivity index (χ3n) is 1.95. The lowest BCUT2D eigenvalue weighted by Gasteiger charge is -2.09. The Balaban J connectivity index is 2.92. The van der Waals surface area contributed by atoms with Gasteiger partial charge in [0.2, 0.25) is 0 Å². The van der Waals surface area contributed by atoms with E-state index in [1.165, 1.54) is 0 Å². The first-order valence-electron chi connectivity index (χ1n) is 4.57. The van der Waals surface area contributed by atoms with Gasteiger partial charge in [-0.2, -0.15) is 8.78 Å². The molecule has 0 amide bonds. The summed E-state index contributed by atoms with van der Waals surface area (Å²) in [6.07, 6.45) is -0.940. The Hall–Kier alpha value is -1.63. The van der Waals surface area contributed by atoms with E-state index in [1.807, 2.05) is 12.0 Å². The number of aromatic nitrogens is 1. The molecule has 1 N–H and O–H groups in total. The normalized spacial score (nSPS) is 11.8. The standard InChI is InChI=1S/C11H12F2N2/c1-8(5-6-10(12)13)9-4-3-7-15-11(9)14-2/h3-4,7-8,10H,1-2H3,(H,14,15). The second-order valence-electron chi connectivity index (χ2n) is 3.00. The molecular formula is C11H12F2N2. The minimum absolute atomic E-state index is 0.254. The number of anilines is 1. The van der Waals surface area contributed by atoms with Crippen molar-refractivity contribution in [2.75, 3.05) is 12.4 Å². The van der Waals surface area contributed by atoms with Crippen molar-refractivity contribution >= 4 is 5.82 Å². The molecule has 0 radical (unpaired) electrons. The van der Waals surface area contributed by atoms with Crippen LogP contribution in [0.15, 0.2) is 18.3 Å². The van der Waals surface area contributed by atoms with Crippen LogP contribution in [0.4, 0.5) is 14.6 Å². The van der Waals surface area contributed by atoms with E-state index in [9.17, 15) is 8.78 Å². The van der Waals surface area contributed by atoms with Crippen LogP contribution in [0.3, 0.4) is 0 Å². The van der Waals surface area contributed by atoms with Gasteiger partial charge in [-0.25, -0.2) is 4.98 Å². The average Bonchev–Trinajstić information content (AvgIpc) is 2.25. The van der Waals surface area contributed by atoms with Gasteiger partial charge in [-0.3, -0.25) is 0 Å². The van der Waals surface area contributed by atoms with Crippen LogP contribution in [-0.4, -0.2) is 18.5 Å². The maximum atomic E-state index is 11.9. The second kappa shape index (κ2) is 5.30. The molecule has 0 aliphatic rings. The largest absolute Gasteiger partial charge is 0.373 e. The number of rotatable bonds is 2. The summed E-state index contributed by atoms with van der Waals surface area (Å²) in [5.41, 5.74) is 0.827. The molecule has 0 aliphatic carbocycles. The van der Waals surface area contributed by atoms with Crippen LogP contribution < -0.4 is 5.32 Å². The quantitative estimate of drug-likeness (QED) is 0.758. The highest BCUT2D eigenvalue weighted by molar-refractivity contribution is 5.47. The minimum Gasteiger partial charge on any atom is -0.373 e. The number of pyridine rings is 1. The topological polar surface area (TPSA) is 24.9 Å². The Morgan fingerprint density at radius 3 is 2.73 bits per heavy atom. The van der Waals surface area contributed by atoms with E-state index >= 15 is 0 Å². The van der Waals surface area contributed by atoms with Gasteiger partial charge in [0.05, 0.1) is 0 Å². The van der Waals surface area contributed by atoms with Gasteiger partial charge < -0.3 is 5.32 Å². The van der Waals surface area contributed by atoms with E-state index in [0.717, 1.165) is 5.56 Å². The van der Waals surface area contributed by atoms with Crippen molar-refractivity contribution in [3.63, 3.8) is 0 Å². The smallest absolute Gasteiger partial charge is 0.298 e. The zero-order chi connectivity index (χ0) is 11.3. The molecule has 0 aromatic carbocycles. The van der Waals surface area contributed by atoms with Gasteiger partial charge in [0.25, 0.3) is 6.43 Å². The monoisotopic (exact) mass is 210 g/mol. The van der Waals surface area contributed by atoms with E-state index in [1.54, 1.807) is 26.2 Å². The molecule has 1 atom stereocenters. The number of alkyl halides is 2. The molecule has 1 unspecified atom stereocenters. The van der Waals surface area contributed by atoms with Crippen molar-refractivity contribution in [3.8, 4) is 11.8 Å². The van der Waals surface area contributed by atoms with Gasteiger partial charge in [0.15, 0.2) is 0 Å². The highest BCUT2D eigenvalue weighted by Crippen LogP contribution is 2.20. The van der Waals surface area contributed by atoms with E-state index in [0.29, 0.717) is 5.82 Å². The lowest BCUT2D eigenvalue weighted by Crippen LogP contribution is -2.00. The van der Waals surface area contributed by atoms with Gasteiger partial charge in [-0.05, 0) is 18.9 Å². The van der Waals surface area contributed by atoms with Crippen LogP contribution in [0.5, 0.6) is 0 Å². The Bertz CT molecular complexity index is 380. The Kier molecular flexibility index (Phi) is 4.04. The Morgan fingerprint density at radius 2 is 2.13 bits per heavy atom. The van der Waals surface area contributed by atoms with Crippen LogP contribution in [0.2, 0.25) is 0 Å². The Labute approximate surface area is 87.7 Å².